The van der Waals surface area contributed by atoms with Gasteiger partial charge in [0.15, 0.2) is 0 Å². The van der Waals surface area contributed by atoms with E-state index < -0.39 is 0 Å². The van der Waals surface area contributed by atoms with Crippen molar-refractivity contribution in [1.82, 2.24) is 15.0 Å². The molecule has 2 rings (SSSR count). The molecule has 1 aromatic heterocycles. The summed E-state index contributed by atoms with van der Waals surface area (Å²) < 4.78 is 7.42. The maximum Gasteiger partial charge on any atom is 0.111 e. The molecule has 0 aliphatic rings. The zero-order valence-electron chi connectivity index (χ0n) is 12.3. The van der Waals surface area contributed by atoms with Crippen LogP contribution in [0.5, 0.6) is 0 Å². The van der Waals surface area contributed by atoms with E-state index in [2.05, 4.69) is 35.1 Å². The SMILES string of the molecule is CCCn1c(CC(CCOC)NN)nc2ccccc21. The van der Waals surface area contributed by atoms with Crippen LogP contribution in [0.4, 0.5) is 0 Å². The summed E-state index contributed by atoms with van der Waals surface area (Å²) in [6, 6.07) is 8.46. The third kappa shape index (κ3) is 3.36. The Balaban J connectivity index is 2.25. The molecule has 0 fully saturated rings. The van der Waals surface area contributed by atoms with E-state index in [0.717, 1.165) is 37.1 Å². The van der Waals surface area contributed by atoms with Gasteiger partial charge in [0.05, 0.1) is 11.0 Å². The largest absolute Gasteiger partial charge is 0.385 e. The highest BCUT2D eigenvalue weighted by molar-refractivity contribution is 5.75. The molecule has 0 amide bonds. The fourth-order valence-electron chi connectivity index (χ4n) is 2.48. The maximum absolute atomic E-state index is 5.64. The predicted octanol–water partition coefficient (Wildman–Crippen LogP) is 1.86. The summed E-state index contributed by atoms with van der Waals surface area (Å²) in [5, 5.41) is 0. The predicted molar refractivity (Wildman–Crippen MR) is 81.3 cm³/mol. The first-order chi connectivity index (χ1) is 9.80. The number of nitrogens with two attached hydrogens (primary N) is 1. The number of hydrazine groups is 1. The molecule has 3 N–H and O–H groups in total. The molecule has 0 saturated carbocycles. The first-order valence-corrected chi connectivity index (χ1v) is 7.19. The Morgan fingerprint density at radius 3 is 2.90 bits per heavy atom. The van der Waals surface area contributed by atoms with Gasteiger partial charge < -0.3 is 9.30 Å². The van der Waals surface area contributed by atoms with Crippen LogP contribution in [0.15, 0.2) is 24.3 Å². The van der Waals surface area contributed by atoms with Gasteiger partial charge in [0.1, 0.15) is 5.82 Å². The smallest absolute Gasteiger partial charge is 0.111 e. The van der Waals surface area contributed by atoms with Crippen molar-refractivity contribution in [2.24, 2.45) is 5.84 Å². The molecule has 0 aliphatic heterocycles. The Labute approximate surface area is 120 Å². The average Bonchev–Trinajstić information content (AvgIpc) is 2.82. The molecule has 1 aromatic carbocycles. The van der Waals surface area contributed by atoms with Gasteiger partial charge in [-0.05, 0) is 25.0 Å². The van der Waals surface area contributed by atoms with Crippen LogP contribution in [-0.2, 0) is 17.7 Å². The first-order valence-electron chi connectivity index (χ1n) is 7.19. The Morgan fingerprint density at radius 1 is 1.40 bits per heavy atom. The number of hydrogen-bond acceptors (Lipinski definition) is 4. The van der Waals surface area contributed by atoms with Gasteiger partial charge in [-0.1, -0.05) is 19.1 Å². The molecule has 5 heteroatoms. The monoisotopic (exact) mass is 276 g/mol. The van der Waals surface area contributed by atoms with E-state index in [4.69, 9.17) is 15.6 Å². The minimum atomic E-state index is 0.183. The lowest BCUT2D eigenvalue weighted by Crippen LogP contribution is -2.38. The van der Waals surface area contributed by atoms with Crippen molar-refractivity contribution < 1.29 is 4.74 Å². The molecule has 0 spiro atoms. The number of fused-ring (bicyclic) bond motifs is 1. The number of aromatic nitrogens is 2. The Kier molecular flexibility index (Phi) is 5.52. The van der Waals surface area contributed by atoms with Crippen molar-refractivity contribution in [3.63, 3.8) is 0 Å². The molecule has 1 atom stereocenters. The molecule has 0 saturated heterocycles. The third-order valence-corrected chi connectivity index (χ3v) is 3.52. The van der Waals surface area contributed by atoms with Crippen molar-refractivity contribution in [2.45, 2.75) is 38.8 Å². The van der Waals surface area contributed by atoms with Crippen molar-refractivity contribution >= 4 is 11.0 Å². The zero-order valence-corrected chi connectivity index (χ0v) is 12.3. The second kappa shape index (κ2) is 7.38. The molecule has 2 aromatic rings. The summed E-state index contributed by atoms with van der Waals surface area (Å²) in [6.45, 7) is 3.86. The molecular weight excluding hydrogens is 252 g/mol. The Morgan fingerprint density at radius 2 is 2.20 bits per heavy atom. The van der Waals surface area contributed by atoms with E-state index in [9.17, 15) is 0 Å². The second-order valence-electron chi connectivity index (χ2n) is 5.02. The highest BCUT2D eigenvalue weighted by atomic mass is 16.5. The van der Waals surface area contributed by atoms with Gasteiger partial charge in [0.25, 0.3) is 0 Å². The topological polar surface area (TPSA) is 65.1 Å². The molecule has 5 nitrogen and oxygen atoms in total. The van der Waals surface area contributed by atoms with E-state index in [1.165, 1.54) is 5.52 Å². The first kappa shape index (κ1) is 15.0. The summed E-state index contributed by atoms with van der Waals surface area (Å²) in [5.41, 5.74) is 5.12. The zero-order chi connectivity index (χ0) is 14.4. The molecule has 1 heterocycles. The molecule has 110 valence electrons. The van der Waals surface area contributed by atoms with E-state index in [0.29, 0.717) is 6.61 Å². The number of hydrogen-bond donors (Lipinski definition) is 2. The lowest BCUT2D eigenvalue weighted by atomic mass is 10.1. The molecule has 1 unspecified atom stereocenters. The number of rotatable bonds is 8. The maximum atomic E-state index is 5.64. The third-order valence-electron chi connectivity index (χ3n) is 3.52. The van der Waals surface area contributed by atoms with Crippen molar-refractivity contribution in [3.8, 4) is 0 Å². The molecule has 0 aliphatic carbocycles. The molecule has 20 heavy (non-hydrogen) atoms. The summed E-state index contributed by atoms with van der Waals surface area (Å²) in [7, 11) is 1.71. The van der Waals surface area contributed by atoms with E-state index >= 15 is 0 Å². The normalized spacial score (nSPS) is 12.9. The number of methoxy groups -OCH3 is 1. The number of nitrogens with zero attached hydrogens (tertiary/aromatic N) is 2. The fourth-order valence-corrected chi connectivity index (χ4v) is 2.48. The van der Waals surface area contributed by atoms with Crippen molar-refractivity contribution in [1.29, 1.82) is 0 Å². The summed E-state index contributed by atoms with van der Waals surface area (Å²) in [4.78, 5) is 4.75. The van der Waals surface area contributed by atoms with Gasteiger partial charge >= 0.3 is 0 Å². The number of imidazole rings is 1. The molecule has 0 bridgehead atoms. The molecule has 0 radical (unpaired) electrons. The summed E-state index contributed by atoms with van der Waals surface area (Å²) >= 11 is 0. The van der Waals surface area contributed by atoms with Crippen LogP contribution in [-0.4, -0.2) is 29.3 Å². The highest BCUT2D eigenvalue weighted by Crippen LogP contribution is 2.18. The number of ether oxygens (including phenoxy) is 1. The van der Waals surface area contributed by atoms with Gasteiger partial charge in [-0.2, -0.15) is 0 Å². The quantitative estimate of drug-likeness (QED) is 0.570. The van der Waals surface area contributed by atoms with Crippen LogP contribution in [0.25, 0.3) is 11.0 Å². The lowest BCUT2D eigenvalue weighted by Gasteiger charge is -2.16. The number of para-hydroxylation sites is 2. The van der Waals surface area contributed by atoms with Crippen LogP contribution < -0.4 is 11.3 Å². The van der Waals surface area contributed by atoms with Crippen LogP contribution in [0.2, 0.25) is 0 Å². The Bertz CT molecular complexity index is 538. The lowest BCUT2D eigenvalue weighted by molar-refractivity contribution is 0.182. The number of benzene rings is 1. The van der Waals surface area contributed by atoms with Crippen LogP contribution in [0.1, 0.15) is 25.6 Å². The second-order valence-corrected chi connectivity index (χ2v) is 5.02. The van der Waals surface area contributed by atoms with Crippen LogP contribution in [0, 0.1) is 0 Å². The summed E-state index contributed by atoms with van der Waals surface area (Å²) in [6.07, 6.45) is 2.78. The van der Waals surface area contributed by atoms with Crippen LogP contribution in [0.3, 0.4) is 0 Å². The average molecular weight is 276 g/mol. The minimum absolute atomic E-state index is 0.183. The van der Waals surface area contributed by atoms with Crippen molar-refractivity contribution in [3.05, 3.63) is 30.1 Å². The van der Waals surface area contributed by atoms with Crippen LogP contribution >= 0.6 is 0 Å². The number of nitrogens with one attached hydrogen (secondary N) is 1. The summed E-state index contributed by atoms with van der Waals surface area (Å²) in [5.74, 6) is 6.73. The van der Waals surface area contributed by atoms with Crippen molar-refractivity contribution in [2.75, 3.05) is 13.7 Å². The minimum Gasteiger partial charge on any atom is -0.385 e. The van der Waals surface area contributed by atoms with E-state index in [-0.39, 0.29) is 6.04 Å². The number of aryl methyl sites for hydroxylation is 1. The fraction of sp³-hybridized carbons (Fsp3) is 0.533. The van der Waals surface area contributed by atoms with Gasteiger partial charge in [0.2, 0.25) is 0 Å². The standard InChI is InChI=1S/C15H24N4O/c1-3-9-19-14-7-5-4-6-13(14)17-15(19)11-12(18-16)8-10-20-2/h4-7,12,18H,3,8-11,16H2,1-2H3. The van der Waals surface area contributed by atoms with Gasteiger partial charge in [-0.3, -0.25) is 11.3 Å². The highest BCUT2D eigenvalue weighted by Gasteiger charge is 2.14. The van der Waals surface area contributed by atoms with Gasteiger partial charge in [0, 0.05) is 32.7 Å². The molecular formula is C15H24N4O. The van der Waals surface area contributed by atoms with E-state index in [1.807, 2.05) is 6.07 Å². The van der Waals surface area contributed by atoms with Gasteiger partial charge in [-0.15, -0.1) is 0 Å². The van der Waals surface area contributed by atoms with Gasteiger partial charge in [-0.25, -0.2) is 4.98 Å². The van der Waals surface area contributed by atoms with E-state index in [1.54, 1.807) is 7.11 Å². The Hall–Kier alpha value is -1.43.